The summed E-state index contributed by atoms with van der Waals surface area (Å²) in [6.45, 7) is 4.43. The third kappa shape index (κ3) is 2.37. The number of hydrogen-bond acceptors (Lipinski definition) is 2. The Morgan fingerprint density at radius 1 is 1.58 bits per heavy atom. The van der Waals surface area contributed by atoms with Crippen LogP contribution in [-0.4, -0.2) is 12.1 Å². The number of amides is 2. The van der Waals surface area contributed by atoms with Crippen LogP contribution in [0.3, 0.4) is 0 Å². The largest absolute Gasteiger partial charge is 0.334 e. The quantitative estimate of drug-likeness (QED) is 0.309. The first-order valence-electron chi connectivity index (χ1n) is 4.31. The molecule has 1 unspecified atom stereocenters. The predicted molar refractivity (Wildman–Crippen MR) is 47.3 cm³/mol. The maximum absolute atomic E-state index is 10.8. The van der Waals surface area contributed by atoms with Gasteiger partial charge in [0.1, 0.15) is 0 Å². The Hall–Kier alpha value is -0.770. The Morgan fingerprint density at radius 3 is 2.67 bits per heavy atom. The summed E-state index contributed by atoms with van der Waals surface area (Å²) in [6.07, 6.45) is 3.27. The van der Waals surface area contributed by atoms with Crippen LogP contribution in [0, 0.1) is 5.41 Å². The SMILES string of the molecule is CC1(C)CCC(NC(=O)NN)C1. The predicted octanol–water partition coefficient (Wildman–Crippen LogP) is 0.738. The van der Waals surface area contributed by atoms with Gasteiger partial charge in [0.15, 0.2) is 0 Å². The highest BCUT2D eigenvalue weighted by molar-refractivity contribution is 5.73. The summed E-state index contributed by atoms with van der Waals surface area (Å²) >= 11 is 0. The van der Waals surface area contributed by atoms with Crippen molar-refractivity contribution in [3.05, 3.63) is 0 Å². The molecular formula is C8H17N3O. The molecule has 0 aromatic carbocycles. The molecular weight excluding hydrogens is 154 g/mol. The van der Waals surface area contributed by atoms with Crippen molar-refractivity contribution in [1.82, 2.24) is 10.7 Å². The monoisotopic (exact) mass is 171 g/mol. The molecule has 1 aliphatic carbocycles. The number of carbonyl (C=O) groups excluding carboxylic acids is 1. The van der Waals surface area contributed by atoms with E-state index in [1.54, 1.807) is 0 Å². The maximum atomic E-state index is 10.8. The number of carbonyl (C=O) groups is 1. The van der Waals surface area contributed by atoms with Gasteiger partial charge in [0.25, 0.3) is 0 Å². The molecule has 0 aromatic heterocycles. The zero-order valence-corrected chi connectivity index (χ0v) is 7.68. The topological polar surface area (TPSA) is 67.2 Å². The van der Waals surface area contributed by atoms with Gasteiger partial charge in [-0.1, -0.05) is 13.8 Å². The molecule has 1 saturated carbocycles. The molecule has 1 fully saturated rings. The third-order valence-electron chi connectivity index (χ3n) is 2.43. The van der Waals surface area contributed by atoms with Gasteiger partial charge in [-0.15, -0.1) is 0 Å². The molecule has 0 aromatic rings. The van der Waals surface area contributed by atoms with Crippen LogP contribution in [0.4, 0.5) is 4.79 Å². The Morgan fingerprint density at radius 2 is 2.25 bits per heavy atom. The molecule has 0 heterocycles. The van der Waals surface area contributed by atoms with Gasteiger partial charge in [-0.25, -0.2) is 10.6 Å². The first-order chi connectivity index (χ1) is 5.53. The second kappa shape index (κ2) is 3.31. The van der Waals surface area contributed by atoms with Gasteiger partial charge in [0.2, 0.25) is 0 Å². The highest BCUT2D eigenvalue weighted by Gasteiger charge is 2.31. The van der Waals surface area contributed by atoms with Crippen LogP contribution in [0.2, 0.25) is 0 Å². The normalized spacial score (nSPS) is 26.8. The van der Waals surface area contributed by atoms with Crippen molar-refractivity contribution in [1.29, 1.82) is 0 Å². The summed E-state index contributed by atoms with van der Waals surface area (Å²) in [6, 6.07) is 0.0150. The summed E-state index contributed by atoms with van der Waals surface area (Å²) in [5.41, 5.74) is 2.44. The lowest BCUT2D eigenvalue weighted by molar-refractivity contribution is 0.236. The molecule has 0 radical (unpaired) electrons. The van der Waals surface area contributed by atoms with Gasteiger partial charge in [-0.2, -0.15) is 0 Å². The lowest BCUT2D eigenvalue weighted by Gasteiger charge is -2.17. The molecule has 0 saturated heterocycles. The molecule has 1 rings (SSSR count). The fraction of sp³-hybridized carbons (Fsp3) is 0.875. The number of nitrogens with two attached hydrogens (primary N) is 1. The van der Waals surface area contributed by atoms with E-state index in [4.69, 9.17) is 5.84 Å². The minimum absolute atomic E-state index is 0.280. The Kier molecular flexibility index (Phi) is 2.57. The third-order valence-corrected chi connectivity index (χ3v) is 2.43. The van der Waals surface area contributed by atoms with E-state index in [9.17, 15) is 4.79 Å². The summed E-state index contributed by atoms with van der Waals surface area (Å²) < 4.78 is 0. The second-order valence-corrected chi connectivity index (χ2v) is 4.22. The smallest absolute Gasteiger partial charge is 0.329 e. The van der Waals surface area contributed by atoms with E-state index in [0.717, 1.165) is 12.8 Å². The number of nitrogens with one attached hydrogen (secondary N) is 2. The van der Waals surface area contributed by atoms with Crippen molar-refractivity contribution in [3.63, 3.8) is 0 Å². The van der Waals surface area contributed by atoms with Crippen LogP contribution >= 0.6 is 0 Å². The summed E-state index contributed by atoms with van der Waals surface area (Å²) in [5.74, 6) is 4.96. The second-order valence-electron chi connectivity index (χ2n) is 4.22. The zero-order chi connectivity index (χ0) is 9.19. The Balaban J connectivity index is 2.33. The van der Waals surface area contributed by atoms with E-state index in [2.05, 4.69) is 24.6 Å². The number of rotatable bonds is 1. The number of hydrogen-bond donors (Lipinski definition) is 3. The van der Waals surface area contributed by atoms with Crippen molar-refractivity contribution >= 4 is 6.03 Å². The first-order valence-corrected chi connectivity index (χ1v) is 4.31. The highest BCUT2D eigenvalue weighted by atomic mass is 16.2. The lowest BCUT2D eigenvalue weighted by Crippen LogP contribution is -2.44. The van der Waals surface area contributed by atoms with Crippen LogP contribution in [0.15, 0.2) is 0 Å². The fourth-order valence-corrected chi connectivity index (χ4v) is 1.79. The molecule has 1 atom stereocenters. The lowest BCUT2D eigenvalue weighted by atomic mass is 9.92. The van der Waals surface area contributed by atoms with Crippen LogP contribution in [-0.2, 0) is 0 Å². The highest BCUT2D eigenvalue weighted by Crippen LogP contribution is 2.36. The summed E-state index contributed by atoms with van der Waals surface area (Å²) in [5, 5.41) is 2.81. The van der Waals surface area contributed by atoms with E-state index in [-0.39, 0.29) is 6.03 Å². The average Bonchev–Trinajstić information content (AvgIpc) is 2.30. The van der Waals surface area contributed by atoms with Crippen molar-refractivity contribution in [3.8, 4) is 0 Å². The minimum Gasteiger partial charge on any atom is -0.334 e. The molecule has 1 aliphatic rings. The van der Waals surface area contributed by atoms with Crippen molar-refractivity contribution in [2.75, 3.05) is 0 Å². The van der Waals surface area contributed by atoms with Gasteiger partial charge in [0.05, 0.1) is 0 Å². The van der Waals surface area contributed by atoms with Gasteiger partial charge in [-0.3, -0.25) is 5.43 Å². The van der Waals surface area contributed by atoms with E-state index in [1.807, 2.05) is 0 Å². The zero-order valence-electron chi connectivity index (χ0n) is 7.68. The van der Waals surface area contributed by atoms with Gasteiger partial charge < -0.3 is 5.32 Å². The standard InChI is InChI=1S/C8H17N3O/c1-8(2)4-3-6(5-8)10-7(12)11-9/h6H,3-5,9H2,1-2H3,(H2,10,11,12). The molecule has 0 bridgehead atoms. The fourth-order valence-electron chi connectivity index (χ4n) is 1.79. The minimum atomic E-state index is -0.280. The van der Waals surface area contributed by atoms with Crippen LogP contribution in [0.5, 0.6) is 0 Å². The molecule has 4 N–H and O–H groups in total. The van der Waals surface area contributed by atoms with E-state index >= 15 is 0 Å². The average molecular weight is 171 g/mol. The van der Waals surface area contributed by atoms with Gasteiger partial charge in [-0.05, 0) is 24.7 Å². The Bertz CT molecular complexity index is 179. The van der Waals surface area contributed by atoms with Crippen LogP contribution in [0.25, 0.3) is 0 Å². The molecule has 70 valence electrons. The van der Waals surface area contributed by atoms with Crippen molar-refractivity contribution in [2.45, 2.75) is 39.2 Å². The molecule has 0 aliphatic heterocycles. The van der Waals surface area contributed by atoms with E-state index in [1.165, 1.54) is 6.42 Å². The van der Waals surface area contributed by atoms with Crippen molar-refractivity contribution < 1.29 is 4.79 Å². The van der Waals surface area contributed by atoms with Gasteiger partial charge >= 0.3 is 6.03 Å². The van der Waals surface area contributed by atoms with E-state index in [0.29, 0.717) is 11.5 Å². The van der Waals surface area contributed by atoms with E-state index < -0.39 is 0 Å². The molecule has 4 heteroatoms. The molecule has 0 spiro atoms. The molecule has 2 amide bonds. The van der Waals surface area contributed by atoms with Crippen LogP contribution < -0.4 is 16.6 Å². The summed E-state index contributed by atoms with van der Waals surface area (Å²) in [4.78, 5) is 10.8. The number of hydrazine groups is 1. The number of urea groups is 1. The van der Waals surface area contributed by atoms with Crippen molar-refractivity contribution in [2.24, 2.45) is 11.3 Å². The summed E-state index contributed by atoms with van der Waals surface area (Å²) in [7, 11) is 0. The maximum Gasteiger partial charge on any atom is 0.329 e. The Labute approximate surface area is 72.9 Å². The van der Waals surface area contributed by atoms with Gasteiger partial charge in [0, 0.05) is 6.04 Å². The molecule has 12 heavy (non-hydrogen) atoms. The van der Waals surface area contributed by atoms with Crippen LogP contribution in [0.1, 0.15) is 33.1 Å². The molecule has 4 nitrogen and oxygen atoms in total. The first kappa shape index (κ1) is 9.32.